The zero-order chi connectivity index (χ0) is 24.3. The topological polar surface area (TPSA) is 118 Å². The molecule has 0 radical (unpaired) electrons. The van der Waals surface area contributed by atoms with Crippen molar-refractivity contribution in [2.75, 3.05) is 0 Å². The second-order valence-corrected chi connectivity index (χ2v) is 11.0. The van der Waals surface area contributed by atoms with Gasteiger partial charge in [0.15, 0.2) is 0 Å². The number of hydrogen-bond acceptors (Lipinski definition) is 5. The molecule has 0 spiro atoms. The minimum atomic E-state index is -4.67. The first-order valence-corrected chi connectivity index (χ1v) is 14.4. The maximum Gasteiger partial charge on any atom is 0.298 e. The van der Waals surface area contributed by atoms with Gasteiger partial charge in [0.25, 0.3) is 20.2 Å². The lowest BCUT2D eigenvalue weighted by Crippen LogP contribution is -2.05. The Morgan fingerprint density at radius 2 is 1.27 bits per heavy atom. The van der Waals surface area contributed by atoms with Gasteiger partial charge in [-0.05, 0) is 36.6 Å². The Bertz CT molecular complexity index is 1090. The smallest absolute Gasteiger partial charge is 0.298 e. The van der Waals surface area contributed by atoms with Crippen molar-refractivity contribution in [1.29, 1.82) is 0 Å². The van der Waals surface area contributed by atoms with Crippen LogP contribution in [0.1, 0.15) is 76.7 Å². The number of ether oxygens (including phenoxy) is 1. The van der Waals surface area contributed by atoms with Crippen molar-refractivity contribution in [2.45, 2.75) is 87.3 Å². The standard InChI is InChI=1S/C24H34O7S2/c1-2-3-4-5-6-7-8-9-10-11-14-20-15-12-13-16-22(20)31-23-19-21(32(25,26)27)17-18-24(23)33(28,29)30/h12-13,15-19H,2-11,14H2,1H3,(H,25,26,27)(H,28,29,30). The minimum Gasteiger partial charge on any atom is -0.456 e. The molecule has 9 heteroatoms. The molecule has 0 heterocycles. The second kappa shape index (κ2) is 13.1. The van der Waals surface area contributed by atoms with E-state index in [0.29, 0.717) is 12.2 Å². The van der Waals surface area contributed by atoms with E-state index in [4.69, 9.17) is 4.74 Å². The molecule has 2 aromatic rings. The summed E-state index contributed by atoms with van der Waals surface area (Å²) in [5.74, 6) is -0.00559. The molecule has 0 bridgehead atoms. The zero-order valence-electron chi connectivity index (χ0n) is 19.1. The summed E-state index contributed by atoms with van der Waals surface area (Å²) in [6.07, 6.45) is 12.8. The van der Waals surface area contributed by atoms with Crippen LogP contribution < -0.4 is 4.74 Å². The van der Waals surface area contributed by atoms with Crippen LogP contribution in [0.25, 0.3) is 0 Å². The molecule has 0 atom stereocenters. The number of benzene rings is 2. The second-order valence-electron chi connectivity index (χ2n) is 8.20. The molecule has 0 unspecified atom stereocenters. The molecule has 0 aromatic heterocycles. The van der Waals surface area contributed by atoms with Gasteiger partial charge in [-0.3, -0.25) is 9.11 Å². The van der Waals surface area contributed by atoms with Gasteiger partial charge in [-0.1, -0.05) is 82.9 Å². The highest BCUT2D eigenvalue weighted by molar-refractivity contribution is 7.86. The Hall–Kier alpha value is -1.94. The number of hydrogen-bond donors (Lipinski definition) is 2. The maximum atomic E-state index is 11.7. The molecule has 33 heavy (non-hydrogen) atoms. The summed E-state index contributed by atoms with van der Waals surface area (Å²) >= 11 is 0. The zero-order valence-corrected chi connectivity index (χ0v) is 20.7. The summed E-state index contributed by atoms with van der Waals surface area (Å²) in [4.78, 5) is -1.11. The number of para-hydroxylation sites is 1. The van der Waals surface area contributed by atoms with Crippen molar-refractivity contribution in [3.8, 4) is 11.5 Å². The van der Waals surface area contributed by atoms with Crippen molar-refractivity contribution >= 4 is 20.2 Å². The molecule has 0 aliphatic carbocycles. The van der Waals surface area contributed by atoms with Gasteiger partial charge in [0.2, 0.25) is 0 Å². The molecular weight excluding hydrogens is 464 g/mol. The first-order valence-electron chi connectivity index (χ1n) is 11.5. The fourth-order valence-corrected chi connectivity index (χ4v) is 4.76. The van der Waals surface area contributed by atoms with Crippen LogP contribution >= 0.6 is 0 Å². The summed E-state index contributed by atoms with van der Waals surface area (Å²) in [7, 11) is -9.25. The van der Waals surface area contributed by atoms with Crippen LogP contribution in [-0.4, -0.2) is 25.9 Å². The summed E-state index contributed by atoms with van der Waals surface area (Å²) < 4.78 is 70.9. The van der Waals surface area contributed by atoms with Gasteiger partial charge >= 0.3 is 0 Å². The first kappa shape index (κ1) is 27.3. The predicted octanol–water partition coefficient (Wildman–Crippen LogP) is 6.44. The maximum absolute atomic E-state index is 11.7. The molecule has 0 saturated heterocycles. The van der Waals surface area contributed by atoms with E-state index in [-0.39, 0.29) is 5.75 Å². The fraction of sp³-hybridized carbons (Fsp3) is 0.500. The van der Waals surface area contributed by atoms with Crippen LogP contribution in [-0.2, 0) is 26.7 Å². The van der Waals surface area contributed by atoms with Gasteiger partial charge in [-0.2, -0.15) is 16.8 Å². The van der Waals surface area contributed by atoms with Gasteiger partial charge in [-0.15, -0.1) is 0 Å². The lowest BCUT2D eigenvalue weighted by molar-refractivity contribution is 0.441. The molecule has 0 amide bonds. The van der Waals surface area contributed by atoms with E-state index >= 15 is 0 Å². The van der Waals surface area contributed by atoms with Crippen molar-refractivity contribution in [2.24, 2.45) is 0 Å². The van der Waals surface area contributed by atoms with Crippen LogP contribution in [0.2, 0.25) is 0 Å². The molecule has 7 nitrogen and oxygen atoms in total. The molecule has 2 N–H and O–H groups in total. The molecule has 0 fully saturated rings. The molecular formula is C24H34O7S2. The Labute approximate surface area is 197 Å². The van der Waals surface area contributed by atoms with E-state index in [2.05, 4.69) is 6.92 Å². The Morgan fingerprint density at radius 3 is 1.85 bits per heavy atom. The summed E-state index contributed by atoms with van der Waals surface area (Å²) in [6, 6.07) is 9.74. The normalized spacial score (nSPS) is 12.1. The van der Waals surface area contributed by atoms with Crippen molar-refractivity contribution in [3.63, 3.8) is 0 Å². The quantitative estimate of drug-likeness (QED) is 0.214. The van der Waals surface area contributed by atoms with Crippen LogP contribution in [0, 0.1) is 0 Å². The average Bonchev–Trinajstić information content (AvgIpc) is 2.74. The van der Waals surface area contributed by atoms with E-state index in [1.807, 2.05) is 12.1 Å². The Morgan fingerprint density at radius 1 is 0.697 bits per heavy atom. The van der Waals surface area contributed by atoms with Crippen LogP contribution in [0.5, 0.6) is 11.5 Å². The van der Waals surface area contributed by atoms with Gasteiger partial charge in [0.05, 0.1) is 4.90 Å². The Balaban J connectivity index is 2.00. The predicted molar refractivity (Wildman–Crippen MR) is 128 cm³/mol. The van der Waals surface area contributed by atoms with Gasteiger partial charge in [0, 0.05) is 6.07 Å². The SMILES string of the molecule is CCCCCCCCCCCCc1ccccc1Oc1cc(S(=O)(=O)O)ccc1S(=O)(=O)O. The third kappa shape index (κ3) is 9.44. The fourth-order valence-electron chi connectivity index (χ4n) is 3.67. The first-order chi connectivity index (χ1) is 15.6. The van der Waals surface area contributed by atoms with Gasteiger partial charge < -0.3 is 4.74 Å². The van der Waals surface area contributed by atoms with Gasteiger partial charge in [0.1, 0.15) is 16.4 Å². The van der Waals surface area contributed by atoms with Crippen LogP contribution in [0.15, 0.2) is 52.3 Å². The third-order valence-electron chi connectivity index (χ3n) is 5.48. The largest absolute Gasteiger partial charge is 0.456 e. The molecule has 0 aliphatic rings. The highest BCUT2D eigenvalue weighted by atomic mass is 32.2. The van der Waals surface area contributed by atoms with E-state index in [9.17, 15) is 25.9 Å². The van der Waals surface area contributed by atoms with E-state index in [1.165, 1.54) is 44.9 Å². The molecule has 0 saturated carbocycles. The van der Waals surface area contributed by atoms with Crippen molar-refractivity contribution < 1.29 is 30.7 Å². The monoisotopic (exact) mass is 498 g/mol. The summed E-state index contributed by atoms with van der Waals surface area (Å²) in [6.45, 7) is 2.22. The summed E-state index contributed by atoms with van der Waals surface area (Å²) in [5, 5.41) is 0. The number of aryl methyl sites for hydroxylation is 1. The lowest BCUT2D eigenvalue weighted by atomic mass is 10.0. The van der Waals surface area contributed by atoms with E-state index in [1.54, 1.807) is 12.1 Å². The highest BCUT2D eigenvalue weighted by Crippen LogP contribution is 2.33. The number of unbranched alkanes of at least 4 members (excludes halogenated alkanes) is 9. The molecule has 2 rings (SSSR count). The van der Waals surface area contributed by atoms with E-state index < -0.39 is 30.0 Å². The molecule has 0 aliphatic heterocycles. The lowest BCUT2D eigenvalue weighted by Gasteiger charge is -2.14. The number of rotatable bonds is 15. The van der Waals surface area contributed by atoms with Crippen molar-refractivity contribution in [1.82, 2.24) is 0 Å². The molecule has 2 aromatic carbocycles. The van der Waals surface area contributed by atoms with Crippen LogP contribution in [0.4, 0.5) is 0 Å². The molecule has 184 valence electrons. The van der Waals surface area contributed by atoms with Crippen molar-refractivity contribution in [3.05, 3.63) is 48.0 Å². The van der Waals surface area contributed by atoms with Crippen LogP contribution in [0.3, 0.4) is 0 Å². The highest BCUT2D eigenvalue weighted by Gasteiger charge is 2.22. The third-order valence-corrected chi connectivity index (χ3v) is 7.23. The Kier molecular flexibility index (Phi) is 10.8. The minimum absolute atomic E-state index is 0.366. The van der Waals surface area contributed by atoms with E-state index in [0.717, 1.165) is 43.0 Å². The van der Waals surface area contributed by atoms with Gasteiger partial charge in [-0.25, -0.2) is 0 Å². The summed E-state index contributed by atoms with van der Waals surface area (Å²) in [5.41, 5.74) is 0.843. The average molecular weight is 499 g/mol.